The van der Waals surface area contributed by atoms with Crippen LogP contribution in [0.4, 0.5) is 0 Å². The van der Waals surface area contributed by atoms with Gasteiger partial charge in [-0.15, -0.1) is 0 Å². The largest absolute Gasteiger partial charge is 0.493 e. The zero-order valence-electron chi connectivity index (χ0n) is 38.3. The molecule has 0 radical (unpaired) electrons. The van der Waals surface area contributed by atoms with Crippen LogP contribution in [0.5, 0.6) is 23.0 Å². The highest BCUT2D eigenvalue weighted by Crippen LogP contribution is 2.47. The maximum atomic E-state index is 14.5. The van der Waals surface area contributed by atoms with Gasteiger partial charge in [0.1, 0.15) is 12.7 Å². The second-order valence-electron chi connectivity index (χ2n) is 17.4. The number of aliphatic hydroxyl groups is 1. The van der Waals surface area contributed by atoms with Crippen molar-refractivity contribution in [2.24, 2.45) is 5.16 Å². The lowest BCUT2D eigenvalue weighted by Crippen LogP contribution is -2.45. The fourth-order valence-electron chi connectivity index (χ4n) is 9.84. The van der Waals surface area contributed by atoms with Gasteiger partial charge in [-0.3, -0.25) is 14.4 Å². The van der Waals surface area contributed by atoms with E-state index in [1.54, 1.807) is 52.8 Å². The summed E-state index contributed by atoms with van der Waals surface area (Å²) in [7, 11) is 3.09. The number of pyridine rings is 3. The summed E-state index contributed by atoms with van der Waals surface area (Å²) in [6.07, 6.45) is 3.95. The first-order chi connectivity index (χ1) is 33.1. The molecular weight excluding hydrogens is 875 g/mol. The molecule has 0 spiro atoms. The van der Waals surface area contributed by atoms with Crippen molar-refractivity contribution in [3.05, 3.63) is 109 Å². The van der Waals surface area contributed by atoms with Crippen LogP contribution < -0.4 is 35.4 Å². The molecule has 0 saturated heterocycles. The lowest BCUT2D eigenvalue weighted by atomic mass is 9.84. The molecule has 3 aromatic heterocycles. The molecule has 0 bridgehead atoms. The van der Waals surface area contributed by atoms with Crippen LogP contribution in [0, 0.1) is 0 Å². The van der Waals surface area contributed by atoms with Crippen LogP contribution in [0.1, 0.15) is 84.1 Å². The number of nitrogens with zero attached hydrogens (tertiary/aromatic N) is 4. The van der Waals surface area contributed by atoms with Gasteiger partial charge in [0.2, 0.25) is 6.79 Å². The van der Waals surface area contributed by atoms with Crippen LogP contribution in [0.2, 0.25) is 0 Å². The third kappa shape index (κ3) is 7.54. The van der Waals surface area contributed by atoms with E-state index in [1.165, 1.54) is 7.11 Å². The molecule has 3 aliphatic heterocycles. The zero-order valence-corrected chi connectivity index (χ0v) is 38.3. The summed E-state index contributed by atoms with van der Waals surface area (Å²) in [5.41, 5.74) is 2.43. The van der Waals surface area contributed by atoms with Crippen molar-refractivity contribution in [1.82, 2.24) is 19.4 Å². The quantitative estimate of drug-likeness (QED) is 0.0442. The van der Waals surface area contributed by atoms with Crippen molar-refractivity contribution in [3.63, 3.8) is 0 Å². The van der Waals surface area contributed by atoms with Crippen molar-refractivity contribution in [2.45, 2.75) is 77.4 Å². The summed E-state index contributed by atoms with van der Waals surface area (Å²) >= 11 is 0. The van der Waals surface area contributed by atoms with E-state index < -0.39 is 17.1 Å². The standard InChI is InChI=1S/C51H51N5O12/c1-5-10-28(2)68-53-24-34-29-11-6-7-12-38(29)54-45-35(34)25-56-39(45)23-37-36(49(56)59)26-65-50(60)51(37,61)13-8-17-64-41-19-30-33(22-40(41)63-4)48(58)55(16-9-14-52-15-18-62-3)46-31-20-42-43(67-27-66-42)21-32(31)47(57)44(30)46/h6-7,11-12,19-24,28,52,61H,5,8-10,13-18,25-27H2,1-4H3/b53-24+/t28?,51-/m0/s1. The lowest BCUT2D eigenvalue weighted by molar-refractivity contribution is -0.173. The number of oxime groups is 1. The number of cyclic esters (lactones) is 1. The third-order valence-electron chi connectivity index (χ3n) is 13.2. The molecule has 6 heterocycles. The van der Waals surface area contributed by atoms with Crippen LogP contribution >= 0.6 is 0 Å². The van der Waals surface area contributed by atoms with E-state index >= 15 is 0 Å². The Kier molecular flexibility index (Phi) is 12.0. The van der Waals surface area contributed by atoms with E-state index in [-0.39, 0.29) is 84.9 Å². The Balaban J connectivity index is 0.949. The van der Waals surface area contributed by atoms with Crippen LogP contribution in [0.15, 0.2) is 69.3 Å². The summed E-state index contributed by atoms with van der Waals surface area (Å²) < 4.78 is 37.2. The van der Waals surface area contributed by atoms with Gasteiger partial charge >= 0.3 is 5.97 Å². The number of rotatable bonds is 18. The first-order valence-electron chi connectivity index (χ1n) is 22.9. The van der Waals surface area contributed by atoms with E-state index in [1.807, 2.05) is 31.2 Å². The van der Waals surface area contributed by atoms with Crippen LogP contribution in [0.3, 0.4) is 0 Å². The van der Waals surface area contributed by atoms with Gasteiger partial charge < -0.3 is 52.8 Å². The highest BCUT2D eigenvalue weighted by molar-refractivity contribution is 6.27. The number of ether oxygens (including phenoxy) is 6. The fraction of sp³-hybridized carbons (Fsp3) is 0.373. The maximum Gasteiger partial charge on any atom is 0.343 e. The summed E-state index contributed by atoms with van der Waals surface area (Å²) in [6.45, 7) is 6.08. The van der Waals surface area contributed by atoms with Gasteiger partial charge in [0, 0.05) is 58.8 Å². The molecule has 6 aromatic rings. The second kappa shape index (κ2) is 18.2. The number of fused-ring (bicyclic) bond motifs is 11. The van der Waals surface area contributed by atoms with Crippen molar-refractivity contribution >= 4 is 39.6 Å². The molecule has 2 N–H and O–H groups in total. The summed E-state index contributed by atoms with van der Waals surface area (Å²) in [4.78, 5) is 67.4. The first-order valence-corrected chi connectivity index (χ1v) is 22.9. The molecule has 17 nitrogen and oxygen atoms in total. The van der Waals surface area contributed by atoms with Crippen LogP contribution in [-0.4, -0.2) is 90.6 Å². The molecule has 1 unspecified atom stereocenters. The predicted molar refractivity (Wildman–Crippen MR) is 251 cm³/mol. The predicted octanol–water partition coefficient (Wildman–Crippen LogP) is 5.96. The van der Waals surface area contributed by atoms with Gasteiger partial charge in [0.05, 0.1) is 72.2 Å². The van der Waals surface area contributed by atoms with Gasteiger partial charge in [-0.2, -0.15) is 0 Å². The molecular formula is C51H51N5O12. The molecule has 0 saturated carbocycles. The van der Waals surface area contributed by atoms with E-state index in [0.717, 1.165) is 29.4 Å². The molecule has 17 heteroatoms. The van der Waals surface area contributed by atoms with Crippen molar-refractivity contribution < 1.29 is 48.0 Å². The van der Waals surface area contributed by atoms with Gasteiger partial charge in [0.25, 0.3) is 11.1 Å². The molecule has 10 rings (SSSR count). The van der Waals surface area contributed by atoms with E-state index in [4.69, 9.17) is 38.2 Å². The minimum Gasteiger partial charge on any atom is -0.493 e. The van der Waals surface area contributed by atoms with Crippen LogP contribution in [0.25, 0.3) is 44.3 Å². The topological polar surface area (TPSA) is 200 Å². The number of hydrogen-bond donors (Lipinski definition) is 2. The number of carbonyl (C=O) groups is 2. The van der Waals surface area contributed by atoms with Crippen molar-refractivity contribution in [2.75, 3.05) is 47.3 Å². The fourth-order valence-corrected chi connectivity index (χ4v) is 9.84. The van der Waals surface area contributed by atoms with Crippen molar-refractivity contribution in [1.29, 1.82) is 0 Å². The number of para-hydroxylation sites is 1. The number of benzene rings is 3. The Labute approximate surface area is 390 Å². The van der Waals surface area contributed by atoms with Crippen LogP contribution in [-0.2, 0) is 44.4 Å². The highest BCUT2D eigenvalue weighted by atomic mass is 16.7. The van der Waals surface area contributed by atoms with E-state index in [2.05, 4.69) is 17.4 Å². The monoisotopic (exact) mass is 925 g/mol. The van der Waals surface area contributed by atoms with E-state index in [9.17, 15) is 24.3 Å². The number of carbonyl (C=O) groups excluding carboxylic acids is 2. The average molecular weight is 926 g/mol. The molecule has 352 valence electrons. The first kappa shape index (κ1) is 44.7. The molecule has 1 aliphatic carbocycles. The Morgan fingerprint density at radius 3 is 2.50 bits per heavy atom. The SMILES string of the molecule is CCCC(C)O/N=C/c1c2c(nc3ccccc13)-c1cc3c(c(=O)n1C2)COC(=O)[C@]3(O)CCCOc1cc2c3c(n(CCCNCCOC)c(=O)c2cc1OC)-c1cc2c(cc1C3=O)OCO2. The van der Waals surface area contributed by atoms with Gasteiger partial charge in [0.15, 0.2) is 34.4 Å². The molecule has 4 aliphatic rings. The average Bonchev–Trinajstić information content (AvgIpc) is 4.04. The Morgan fingerprint density at radius 2 is 1.71 bits per heavy atom. The maximum absolute atomic E-state index is 14.5. The number of hydrogen-bond acceptors (Lipinski definition) is 15. The number of ketones is 1. The smallest absolute Gasteiger partial charge is 0.343 e. The van der Waals surface area contributed by atoms with Gasteiger partial charge in [-0.05, 0) is 75.5 Å². The summed E-state index contributed by atoms with van der Waals surface area (Å²) in [6, 6.07) is 15.9. The zero-order chi connectivity index (χ0) is 47.3. The number of methoxy groups -OCH3 is 2. The normalized spacial score (nSPS) is 16.7. The highest BCUT2D eigenvalue weighted by Gasteiger charge is 2.46. The Morgan fingerprint density at radius 1 is 0.912 bits per heavy atom. The van der Waals surface area contributed by atoms with Crippen molar-refractivity contribution in [3.8, 4) is 45.6 Å². The molecule has 3 aromatic carbocycles. The number of esters is 1. The lowest BCUT2D eigenvalue weighted by Gasteiger charge is -2.32. The molecule has 0 fully saturated rings. The van der Waals surface area contributed by atoms with E-state index in [0.29, 0.717) is 88.8 Å². The number of aromatic nitrogens is 3. The molecule has 68 heavy (non-hydrogen) atoms. The Hall–Kier alpha value is -7.08. The Bertz CT molecular complexity index is 3200. The minimum absolute atomic E-state index is 0.0269. The number of nitrogens with one attached hydrogen (secondary N) is 1. The van der Waals surface area contributed by atoms with Gasteiger partial charge in [-0.25, -0.2) is 9.78 Å². The molecule has 0 amide bonds. The summed E-state index contributed by atoms with van der Waals surface area (Å²) in [5, 5.41) is 21.4. The second-order valence-corrected chi connectivity index (χ2v) is 17.4. The summed E-state index contributed by atoms with van der Waals surface area (Å²) in [5.74, 6) is 0.268. The minimum atomic E-state index is -2.19. The van der Waals surface area contributed by atoms with Gasteiger partial charge in [-0.1, -0.05) is 36.7 Å². The molecule has 2 atom stereocenters. The third-order valence-corrected chi connectivity index (χ3v) is 13.2.